The van der Waals surface area contributed by atoms with Gasteiger partial charge in [0.2, 0.25) is 0 Å². The predicted molar refractivity (Wildman–Crippen MR) is 59.2 cm³/mol. The van der Waals surface area contributed by atoms with Crippen LogP contribution in [0.1, 0.15) is 10.4 Å². The Morgan fingerprint density at radius 2 is 2.21 bits per heavy atom. The molecule has 0 fully saturated rings. The minimum absolute atomic E-state index is 0.0796. The zero-order chi connectivity index (χ0) is 10.7. The summed E-state index contributed by atoms with van der Waals surface area (Å²) in [6, 6.07) is 4.18. The van der Waals surface area contributed by atoms with Crippen LogP contribution in [-0.4, -0.2) is 17.9 Å². The molecule has 0 saturated carbocycles. The van der Waals surface area contributed by atoms with Crippen LogP contribution >= 0.6 is 22.6 Å². The summed E-state index contributed by atoms with van der Waals surface area (Å²) in [4.78, 5) is 21.2. The Morgan fingerprint density at radius 3 is 2.71 bits per heavy atom. The molecule has 5 nitrogen and oxygen atoms in total. The Balaban J connectivity index is 3.21. The fourth-order valence-electron chi connectivity index (χ4n) is 0.935. The molecule has 0 unspecified atom stereocenters. The molecule has 1 N–H and O–H groups in total. The maximum absolute atomic E-state index is 11.3. The van der Waals surface area contributed by atoms with Crippen molar-refractivity contribution in [2.24, 2.45) is 0 Å². The average Bonchev–Trinajstić information content (AvgIpc) is 2.17. The molecule has 0 spiro atoms. The lowest BCUT2D eigenvalue weighted by atomic mass is 10.2. The fourth-order valence-corrected chi connectivity index (χ4v) is 1.52. The van der Waals surface area contributed by atoms with Crippen LogP contribution in [0, 0.1) is 13.7 Å². The van der Waals surface area contributed by atoms with Crippen LogP contribution in [0.5, 0.6) is 0 Å². The SMILES string of the molecule is CNC(=O)c1cc([N+](=O)[O-])ccc1I. The molecule has 74 valence electrons. The average molecular weight is 306 g/mol. The zero-order valence-corrected chi connectivity index (χ0v) is 9.44. The molecule has 6 heteroatoms. The summed E-state index contributed by atoms with van der Waals surface area (Å²) in [7, 11) is 1.48. The van der Waals surface area contributed by atoms with Crippen molar-refractivity contribution in [3.63, 3.8) is 0 Å². The highest BCUT2D eigenvalue weighted by atomic mass is 127. The van der Waals surface area contributed by atoms with Crippen LogP contribution in [0.3, 0.4) is 0 Å². The predicted octanol–water partition coefficient (Wildman–Crippen LogP) is 1.56. The third kappa shape index (κ3) is 2.19. The van der Waals surface area contributed by atoms with Gasteiger partial charge in [0.25, 0.3) is 11.6 Å². The van der Waals surface area contributed by atoms with E-state index >= 15 is 0 Å². The second-order valence-electron chi connectivity index (χ2n) is 2.50. The number of nitrogens with one attached hydrogen (secondary N) is 1. The second kappa shape index (κ2) is 4.36. The normalized spacial score (nSPS) is 9.57. The topological polar surface area (TPSA) is 72.2 Å². The number of nitro benzene ring substituents is 1. The minimum Gasteiger partial charge on any atom is -0.355 e. The molecule has 0 aromatic heterocycles. The lowest BCUT2D eigenvalue weighted by Crippen LogP contribution is -2.19. The van der Waals surface area contributed by atoms with Gasteiger partial charge in [-0.3, -0.25) is 14.9 Å². The number of nitro groups is 1. The number of carbonyl (C=O) groups is 1. The zero-order valence-electron chi connectivity index (χ0n) is 7.28. The number of halogens is 1. The summed E-state index contributed by atoms with van der Waals surface area (Å²) in [6.45, 7) is 0. The van der Waals surface area contributed by atoms with Crippen molar-refractivity contribution in [2.45, 2.75) is 0 Å². The molecule has 0 heterocycles. The smallest absolute Gasteiger partial charge is 0.270 e. The largest absolute Gasteiger partial charge is 0.355 e. The van der Waals surface area contributed by atoms with Gasteiger partial charge in [0.05, 0.1) is 10.5 Å². The molecule has 0 atom stereocenters. The van der Waals surface area contributed by atoms with Gasteiger partial charge in [-0.25, -0.2) is 0 Å². The van der Waals surface area contributed by atoms with Gasteiger partial charge in [0.1, 0.15) is 0 Å². The van der Waals surface area contributed by atoms with Crippen LogP contribution in [0.2, 0.25) is 0 Å². The minimum atomic E-state index is -0.525. The maximum atomic E-state index is 11.3. The van der Waals surface area contributed by atoms with Gasteiger partial charge in [0, 0.05) is 22.8 Å². The van der Waals surface area contributed by atoms with Gasteiger partial charge in [0.15, 0.2) is 0 Å². The molecule has 0 aliphatic heterocycles. The number of hydrogen-bond donors (Lipinski definition) is 1. The van der Waals surface area contributed by atoms with E-state index in [9.17, 15) is 14.9 Å². The molecule has 1 aromatic rings. The van der Waals surface area contributed by atoms with Crippen LogP contribution in [0.4, 0.5) is 5.69 Å². The van der Waals surface area contributed by atoms with Gasteiger partial charge in [-0.05, 0) is 28.7 Å². The summed E-state index contributed by atoms with van der Waals surface area (Å²) in [5.41, 5.74) is 0.242. The molecule has 1 aromatic carbocycles. The van der Waals surface area contributed by atoms with Crippen molar-refractivity contribution in [2.75, 3.05) is 7.05 Å². The maximum Gasteiger partial charge on any atom is 0.270 e. The highest BCUT2D eigenvalue weighted by molar-refractivity contribution is 14.1. The first-order chi connectivity index (χ1) is 6.56. The van der Waals surface area contributed by atoms with Gasteiger partial charge in [-0.15, -0.1) is 0 Å². The van der Waals surface area contributed by atoms with E-state index in [1.807, 2.05) is 22.6 Å². The van der Waals surface area contributed by atoms with Crippen LogP contribution in [-0.2, 0) is 0 Å². The second-order valence-corrected chi connectivity index (χ2v) is 3.66. The van der Waals surface area contributed by atoms with Crippen LogP contribution < -0.4 is 5.32 Å². The van der Waals surface area contributed by atoms with Gasteiger partial charge >= 0.3 is 0 Å². The Hall–Kier alpha value is -1.18. The molecule has 0 aliphatic rings. The molecule has 0 bridgehead atoms. The van der Waals surface area contributed by atoms with Crippen molar-refractivity contribution >= 4 is 34.2 Å². The summed E-state index contributed by atoms with van der Waals surface area (Å²) < 4.78 is 0.688. The van der Waals surface area contributed by atoms with E-state index in [0.717, 1.165) is 0 Å². The fraction of sp³-hybridized carbons (Fsp3) is 0.125. The standard InChI is InChI=1S/C8H7IN2O3/c1-10-8(12)6-4-5(11(13)14)2-3-7(6)9/h2-4H,1H3,(H,10,12). The van der Waals surface area contributed by atoms with Gasteiger partial charge in [-0.2, -0.15) is 0 Å². The van der Waals surface area contributed by atoms with Crippen molar-refractivity contribution in [3.8, 4) is 0 Å². The Labute approximate surface area is 93.8 Å². The molecule has 1 rings (SSSR count). The number of benzene rings is 1. The van der Waals surface area contributed by atoms with Gasteiger partial charge in [-0.1, -0.05) is 0 Å². The number of nitrogens with zero attached hydrogens (tertiary/aromatic N) is 1. The number of non-ortho nitro benzene ring substituents is 1. The Bertz CT molecular complexity index is 392. The van der Waals surface area contributed by atoms with Crippen molar-refractivity contribution in [1.82, 2.24) is 5.32 Å². The van der Waals surface area contributed by atoms with E-state index in [1.54, 1.807) is 6.07 Å². The van der Waals surface area contributed by atoms with E-state index in [2.05, 4.69) is 5.32 Å². The molecule has 0 radical (unpaired) electrons. The summed E-state index contributed by atoms with van der Waals surface area (Å²) in [5, 5.41) is 12.9. The number of hydrogen-bond acceptors (Lipinski definition) is 3. The molecule has 0 aliphatic carbocycles. The number of carbonyl (C=O) groups excluding carboxylic acids is 1. The highest BCUT2D eigenvalue weighted by Crippen LogP contribution is 2.19. The van der Waals surface area contributed by atoms with E-state index in [-0.39, 0.29) is 11.6 Å². The number of rotatable bonds is 2. The van der Waals surface area contributed by atoms with Crippen LogP contribution in [0.15, 0.2) is 18.2 Å². The third-order valence-electron chi connectivity index (χ3n) is 1.63. The van der Waals surface area contributed by atoms with E-state index < -0.39 is 4.92 Å². The van der Waals surface area contributed by atoms with E-state index in [4.69, 9.17) is 0 Å². The van der Waals surface area contributed by atoms with E-state index in [1.165, 1.54) is 19.2 Å². The first-order valence-corrected chi connectivity index (χ1v) is 4.80. The first-order valence-electron chi connectivity index (χ1n) is 3.72. The third-order valence-corrected chi connectivity index (χ3v) is 2.57. The molecular weight excluding hydrogens is 299 g/mol. The number of amides is 1. The van der Waals surface area contributed by atoms with Crippen molar-refractivity contribution in [3.05, 3.63) is 37.4 Å². The Morgan fingerprint density at radius 1 is 1.57 bits per heavy atom. The quantitative estimate of drug-likeness (QED) is 0.512. The molecule has 14 heavy (non-hydrogen) atoms. The molecule has 0 saturated heterocycles. The van der Waals surface area contributed by atoms with Crippen molar-refractivity contribution < 1.29 is 9.72 Å². The lowest BCUT2D eigenvalue weighted by molar-refractivity contribution is -0.384. The van der Waals surface area contributed by atoms with Crippen molar-refractivity contribution in [1.29, 1.82) is 0 Å². The van der Waals surface area contributed by atoms with E-state index in [0.29, 0.717) is 9.13 Å². The van der Waals surface area contributed by atoms with Crippen LogP contribution in [0.25, 0.3) is 0 Å². The molecule has 1 amide bonds. The first kappa shape index (κ1) is 10.9. The molecular formula is C8H7IN2O3. The summed E-state index contributed by atoms with van der Waals surface area (Å²) in [6.07, 6.45) is 0. The Kier molecular flexibility index (Phi) is 3.39. The lowest BCUT2D eigenvalue weighted by Gasteiger charge is -2.01. The summed E-state index contributed by atoms with van der Waals surface area (Å²) >= 11 is 1.96. The monoisotopic (exact) mass is 306 g/mol. The highest BCUT2D eigenvalue weighted by Gasteiger charge is 2.13. The summed E-state index contributed by atoms with van der Waals surface area (Å²) in [5.74, 6) is -0.321. The van der Waals surface area contributed by atoms with Gasteiger partial charge < -0.3 is 5.32 Å².